The Morgan fingerprint density at radius 2 is 1.51 bits per heavy atom. The summed E-state index contributed by atoms with van der Waals surface area (Å²) in [5.41, 5.74) is 1.35. The number of rotatable bonds is 17. The second-order valence-electron chi connectivity index (χ2n) is 10.2. The Bertz CT molecular complexity index is 1030. The second-order valence-corrected chi connectivity index (χ2v) is 10.2. The molecule has 0 saturated carbocycles. The number of carbonyl (C=O) groups is 3. The zero-order chi connectivity index (χ0) is 27.7. The number of para-hydroxylation sites is 1. The summed E-state index contributed by atoms with van der Waals surface area (Å²) < 4.78 is 11.4. The van der Waals surface area contributed by atoms with E-state index in [1.165, 1.54) is 49.8 Å². The fourth-order valence-corrected chi connectivity index (χ4v) is 4.81. The lowest BCUT2D eigenvalue weighted by Crippen LogP contribution is -2.57. The number of nitrogens with zero attached hydrogens (tertiary/aromatic N) is 1. The van der Waals surface area contributed by atoms with Crippen molar-refractivity contribution in [2.45, 2.75) is 90.2 Å². The first-order chi connectivity index (χ1) is 19.1. The highest BCUT2D eigenvalue weighted by molar-refractivity contribution is 6.01. The molecule has 1 fully saturated rings. The van der Waals surface area contributed by atoms with E-state index in [4.69, 9.17) is 9.47 Å². The molecule has 2 aromatic carbocycles. The minimum Gasteiger partial charge on any atom is -0.488 e. The molecule has 1 atom stereocenters. The van der Waals surface area contributed by atoms with Crippen LogP contribution in [0.2, 0.25) is 0 Å². The fourth-order valence-electron chi connectivity index (χ4n) is 4.81. The van der Waals surface area contributed by atoms with Crippen LogP contribution < -0.4 is 10.1 Å². The average Bonchev–Trinajstić information content (AvgIpc) is 2.96. The number of amides is 2. The Labute approximate surface area is 233 Å². The molecule has 1 aliphatic rings. The van der Waals surface area contributed by atoms with Gasteiger partial charge in [0.15, 0.2) is 0 Å². The molecule has 212 valence electrons. The van der Waals surface area contributed by atoms with E-state index in [1.807, 2.05) is 36.4 Å². The number of piperazine rings is 1. The topological polar surface area (TPSA) is 84.9 Å². The van der Waals surface area contributed by atoms with Gasteiger partial charge in [-0.25, -0.2) is 0 Å². The van der Waals surface area contributed by atoms with Crippen molar-refractivity contribution in [3.05, 3.63) is 65.7 Å². The molecule has 3 rings (SSSR count). The third kappa shape index (κ3) is 10.4. The van der Waals surface area contributed by atoms with E-state index in [1.54, 1.807) is 18.2 Å². The number of unbranched alkanes of at least 4 members (excludes halogenated alkanes) is 9. The van der Waals surface area contributed by atoms with Gasteiger partial charge in [-0.3, -0.25) is 14.4 Å². The molecule has 1 aliphatic heterocycles. The lowest BCUT2D eigenvalue weighted by atomic mass is 10.1. The first-order valence-corrected chi connectivity index (χ1v) is 14.6. The van der Waals surface area contributed by atoms with Crippen LogP contribution in [0.5, 0.6) is 5.75 Å². The lowest BCUT2D eigenvalue weighted by Gasteiger charge is -2.34. The van der Waals surface area contributed by atoms with Gasteiger partial charge in [-0.05, 0) is 24.1 Å². The van der Waals surface area contributed by atoms with Crippen molar-refractivity contribution in [2.75, 3.05) is 19.7 Å². The highest BCUT2D eigenvalue weighted by atomic mass is 16.5. The van der Waals surface area contributed by atoms with Gasteiger partial charge in [0, 0.05) is 13.1 Å². The summed E-state index contributed by atoms with van der Waals surface area (Å²) in [5.74, 6) is -0.687. The van der Waals surface area contributed by atoms with E-state index >= 15 is 0 Å². The quantitative estimate of drug-likeness (QED) is 0.196. The van der Waals surface area contributed by atoms with Crippen LogP contribution in [0.4, 0.5) is 0 Å². The summed E-state index contributed by atoms with van der Waals surface area (Å²) in [6, 6.07) is 15.8. The van der Waals surface area contributed by atoms with Gasteiger partial charge in [-0.1, -0.05) is 107 Å². The summed E-state index contributed by atoms with van der Waals surface area (Å²) in [7, 11) is 0. The molecular weight excluding hydrogens is 492 g/mol. The molecule has 2 amide bonds. The zero-order valence-electron chi connectivity index (χ0n) is 23.4. The van der Waals surface area contributed by atoms with Gasteiger partial charge in [-0.15, -0.1) is 0 Å². The Hall–Kier alpha value is -3.35. The summed E-state index contributed by atoms with van der Waals surface area (Å²) in [4.78, 5) is 40.3. The van der Waals surface area contributed by atoms with E-state index in [0.29, 0.717) is 37.6 Å². The van der Waals surface area contributed by atoms with E-state index in [-0.39, 0.29) is 18.2 Å². The van der Waals surface area contributed by atoms with Crippen molar-refractivity contribution < 1.29 is 23.9 Å². The SMILES string of the molecule is CCCCCCCCCCCCOC(=O)CC1C(=O)NCCN1C(=O)c1ccccc1OCc1ccccc1. The second kappa shape index (κ2) is 17.3. The Morgan fingerprint density at radius 1 is 0.872 bits per heavy atom. The first-order valence-electron chi connectivity index (χ1n) is 14.6. The molecule has 0 spiro atoms. The van der Waals surface area contributed by atoms with Crippen LogP contribution in [0.15, 0.2) is 54.6 Å². The Morgan fingerprint density at radius 3 is 2.23 bits per heavy atom. The number of carbonyl (C=O) groups excluding carboxylic acids is 3. The minimum absolute atomic E-state index is 0.164. The predicted molar refractivity (Wildman–Crippen MR) is 152 cm³/mol. The molecule has 7 nitrogen and oxygen atoms in total. The van der Waals surface area contributed by atoms with Crippen molar-refractivity contribution in [1.82, 2.24) is 10.2 Å². The number of hydrogen-bond donors (Lipinski definition) is 1. The van der Waals surface area contributed by atoms with Crippen molar-refractivity contribution >= 4 is 17.8 Å². The van der Waals surface area contributed by atoms with Crippen LogP contribution >= 0.6 is 0 Å². The van der Waals surface area contributed by atoms with E-state index in [0.717, 1.165) is 24.8 Å². The van der Waals surface area contributed by atoms with Crippen molar-refractivity contribution in [3.8, 4) is 5.75 Å². The van der Waals surface area contributed by atoms with Gasteiger partial charge in [0.2, 0.25) is 5.91 Å². The summed E-state index contributed by atoms with van der Waals surface area (Å²) in [6.45, 7) is 3.54. The Kier molecular flexibility index (Phi) is 13.4. The summed E-state index contributed by atoms with van der Waals surface area (Å²) in [5, 5.41) is 2.78. The average molecular weight is 537 g/mol. The molecule has 1 saturated heterocycles. The highest BCUT2D eigenvalue weighted by Crippen LogP contribution is 2.24. The minimum atomic E-state index is -0.909. The maximum atomic E-state index is 13.5. The van der Waals surface area contributed by atoms with Crippen LogP contribution in [-0.4, -0.2) is 48.4 Å². The highest BCUT2D eigenvalue weighted by Gasteiger charge is 2.36. The molecule has 0 bridgehead atoms. The van der Waals surface area contributed by atoms with Crippen LogP contribution in [0.3, 0.4) is 0 Å². The maximum absolute atomic E-state index is 13.5. The molecule has 39 heavy (non-hydrogen) atoms. The fraction of sp³-hybridized carbons (Fsp3) is 0.531. The van der Waals surface area contributed by atoms with Crippen LogP contribution in [0.25, 0.3) is 0 Å². The van der Waals surface area contributed by atoms with E-state index in [2.05, 4.69) is 12.2 Å². The maximum Gasteiger partial charge on any atom is 0.308 e. The molecule has 0 aromatic heterocycles. The Balaban J connectivity index is 1.46. The van der Waals surface area contributed by atoms with Gasteiger partial charge in [0.25, 0.3) is 5.91 Å². The third-order valence-electron chi connectivity index (χ3n) is 7.07. The lowest BCUT2D eigenvalue weighted by molar-refractivity contribution is -0.147. The van der Waals surface area contributed by atoms with E-state index < -0.39 is 12.0 Å². The molecule has 2 aromatic rings. The zero-order valence-corrected chi connectivity index (χ0v) is 23.4. The van der Waals surface area contributed by atoms with Gasteiger partial charge in [0.05, 0.1) is 18.6 Å². The van der Waals surface area contributed by atoms with E-state index in [9.17, 15) is 14.4 Å². The molecule has 1 N–H and O–H groups in total. The van der Waals surface area contributed by atoms with Crippen molar-refractivity contribution in [3.63, 3.8) is 0 Å². The summed E-state index contributed by atoms with van der Waals surface area (Å²) >= 11 is 0. The first kappa shape index (κ1) is 30.2. The van der Waals surface area contributed by atoms with Gasteiger partial charge >= 0.3 is 5.97 Å². The van der Waals surface area contributed by atoms with Crippen molar-refractivity contribution in [1.29, 1.82) is 0 Å². The standard InChI is InChI=1S/C32H44N2O5/c1-2-3-4-5-6-7-8-9-10-16-23-38-30(35)24-28-31(36)33-21-22-34(28)32(37)27-19-14-15-20-29(27)39-25-26-17-12-11-13-18-26/h11-15,17-20,28H,2-10,16,21-25H2,1H3,(H,33,36). The third-order valence-corrected chi connectivity index (χ3v) is 7.07. The van der Waals surface area contributed by atoms with Gasteiger partial charge < -0.3 is 19.7 Å². The molecule has 1 unspecified atom stereocenters. The number of ether oxygens (including phenoxy) is 2. The predicted octanol–water partition coefficient (Wildman–Crippen LogP) is 6.06. The van der Waals surface area contributed by atoms with Gasteiger partial charge in [0.1, 0.15) is 18.4 Å². The van der Waals surface area contributed by atoms with Crippen molar-refractivity contribution in [2.24, 2.45) is 0 Å². The van der Waals surface area contributed by atoms with Gasteiger partial charge in [-0.2, -0.15) is 0 Å². The summed E-state index contributed by atoms with van der Waals surface area (Å²) in [6.07, 6.45) is 11.9. The number of esters is 1. The molecule has 0 radical (unpaired) electrons. The number of benzene rings is 2. The monoisotopic (exact) mass is 536 g/mol. The molecule has 7 heteroatoms. The normalized spacial score (nSPS) is 15.1. The van der Waals surface area contributed by atoms with Crippen LogP contribution in [-0.2, 0) is 20.9 Å². The van der Waals surface area contributed by atoms with Crippen LogP contribution in [0, 0.1) is 0 Å². The number of nitrogens with one attached hydrogen (secondary N) is 1. The smallest absolute Gasteiger partial charge is 0.308 e. The molecular formula is C32H44N2O5. The molecule has 0 aliphatic carbocycles. The molecule has 1 heterocycles. The largest absolute Gasteiger partial charge is 0.488 e. The van der Waals surface area contributed by atoms with Crippen LogP contribution in [0.1, 0.15) is 93.5 Å². The number of hydrogen-bond acceptors (Lipinski definition) is 5.